The first kappa shape index (κ1) is 20.9. The van der Waals surface area contributed by atoms with Crippen molar-refractivity contribution in [2.24, 2.45) is 0 Å². The molecule has 0 unspecified atom stereocenters. The minimum atomic E-state index is -1.38. The van der Waals surface area contributed by atoms with Crippen LogP contribution in [0, 0.1) is 0 Å². The summed E-state index contributed by atoms with van der Waals surface area (Å²) >= 11 is 0. The number of hydrogen-bond donors (Lipinski definition) is 1. The maximum atomic E-state index is 10.8. The quantitative estimate of drug-likeness (QED) is 0.232. The largest absolute Gasteiger partial charge is 0.390 e. The fraction of sp³-hybridized carbons (Fsp3) is 0.895. The molecule has 0 saturated heterocycles. The summed E-state index contributed by atoms with van der Waals surface area (Å²) in [5.41, 5.74) is -0.271. The first-order valence-electron chi connectivity index (χ1n) is 9.10. The Balaban J connectivity index is 3.82. The fourth-order valence-electron chi connectivity index (χ4n) is 3.49. The maximum absolute atomic E-state index is 10.8. The molecule has 0 saturated carbocycles. The van der Waals surface area contributed by atoms with Crippen LogP contribution in [0.5, 0.6) is 0 Å². The smallest absolute Gasteiger partial charge is 0.0658 e. The second-order valence-electron chi connectivity index (χ2n) is 8.01. The molecule has 0 aliphatic carbocycles. The van der Waals surface area contributed by atoms with E-state index in [-0.39, 0.29) is 0 Å². The highest BCUT2D eigenvalue weighted by Gasteiger charge is 2.38. The third-order valence-electron chi connectivity index (χ3n) is 4.63. The highest BCUT2D eigenvalue weighted by molar-refractivity contribution is 6.78. The van der Waals surface area contributed by atoms with Crippen LogP contribution in [0.2, 0.25) is 25.2 Å². The molecule has 0 aromatic carbocycles. The molecule has 0 bridgehead atoms. The van der Waals surface area contributed by atoms with Gasteiger partial charge in [0.15, 0.2) is 0 Å². The Morgan fingerprint density at radius 2 is 1.38 bits per heavy atom. The average molecular weight is 313 g/mol. The van der Waals surface area contributed by atoms with Crippen molar-refractivity contribution in [2.75, 3.05) is 0 Å². The molecule has 1 N–H and O–H groups in total. The number of hydrogen-bond acceptors (Lipinski definition) is 1. The molecule has 0 aliphatic heterocycles. The molecular weight excluding hydrogens is 272 g/mol. The fourth-order valence-corrected chi connectivity index (χ4v) is 6.21. The Bertz CT molecular complexity index is 265. The standard InChI is InChI=1S/C19H40OSi/c1-7-9-10-11-12-13-14-15-16-17-19(3,20)18(8-2)21(4,5)6/h8,18,20H,2,7,9-17H2,1,3-6H3/t18-,19+/m1/s1. The summed E-state index contributed by atoms with van der Waals surface area (Å²) in [6.45, 7) is 15.2. The van der Waals surface area contributed by atoms with Gasteiger partial charge in [0, 0.05) is 0 Å². The molecule has 0 amide bonds. The van der Waals surface area contributed by atoms with Gasteiger partial charge in [-0.05, 0) is 18.9 Å². The van der Waals surface area contributed by atoms with Crippen LogP contribution in [0.25, 0.3) is 0 Å². The van der Waals surface area contributed by atoms with Crippen molar-refractivity contribution < 1.29 is 5.11 Å². The molecule has 0 fully saturated rings. The highest BCUT2D eigenvalue weighted by Crippen LogP contribution is 2.37. The molecule has 21 heavy (non-hydrogen) atoms. The van der Waals surface area contributed by atoms with Gasteiger partial charge in [0.2, 0.25) is 0 Å². The lowest BCUT2D eigenvalue weighted by Gasteiger charge is -2.38. The van der Waals surface area contributed by atoms with Crippen molar-refractivity contribution in [1.82, 2.24) is 0 Å². The van der Waals surface area contributed by atoms with Crippen LogP contribution in [-0.4, -0.2) is 18.8 Å². The van der Waals surface area contributed by atoms with E-state index in [0.29, 0.717) is 5.54 Å². The predicted molar refractivity (Wildman–Crippen MR) is 99.8 cm³/mol. The van der Waals surface area contributed by atoms with E-state index < -0.39 is 13.7 Å². The van der Waals surface area contributed by atoms with E-state index >= 15 is 0 Å². The van der Waals surface area contributed by atoms with Gasteiger partial charge in [-0.15, -0.1) is 6.58 Å². The van der Waals surface area contributed by atoms with E-state index in [1.54, 1.807) is 0 Å². The molecule has 0 spiro atoms. The minimum absolute atomic E-state index is 0.291. The van der Waals surface area contributed by atoms with Crippen molar-refractivity contribution in [3.8, 4) is 0 Å². The summed E-state index contributed by atoms with van der Waals surface area (Å²) in [7, 11) is -1.38. The summed E-state index contributed by atoms with van der Waals surface area (Å²) < 4.78 is 0. The van der Waals surface area contributed by atoms with E-state index in [2.05, 4.69) is 33.1 Å². The predicted octanol–water partition coefficient (Wildman–Crippen LogP) is 6.55. The molecule has 0 heterocycles. The van der Waals surface area contributed by atoms with Crippen molar-refractivity contribution in [2.45, 2.75) is 109 Å². The molecule has 0 aromatic rings. The van der Waals surface area contributed by atoms with Gasteiger partial charge in [-0.25, -0.2) is 0 Å². The first-order valence-corrected chi connectivity index (χ1v) is 12.7. The van der Waals surface area contributed by atoms with Gasteiger partial charge in [0.1, 0.15) is 0 Å². The summed E-state index contributed by atoms with van der Waals surface area (Å²) in [6, 6.07) is 0. The maximum Gasteiger partial charge on any atom is 0.0658 e. The lowest BCUT2D eigenvalue weighted by Crippen LogP contribution is -2.43. The van der Waals surface area contributed by atoms with Crippen molar-refractivity contribution in [1.29, 1.82) is 0 Å². The van der Waals surface area contributed by atoms with Gasteiger partial charge >= 0.3 is 0 Å². The van der Waals surface area contributed by atoms with Gasteiger partial charge in [0.05, 0.1) is 13.7 Å². The van der Waals surface area contributed by atoms with E-state index in [1.165, 1.54) is 51.4 Å². The van der Waals surface area contributed by atoms with Gasteiger partial charge in [0.25, 0.3) is 0 Å². The Morgan fingerprint density at radius 3 is 1.76 bits per heavy atom. The van der Waals surface area contributed by atoms with E-state index in [9.17, 15) is 5.11 Å². The molecule has 2 heteroatoms. The highest BCUT2D eigenvalue weighted by atomic mass is 28.3. The van der Waals surface area contributed by atoms with Crippen LogP contribution in [0.4, 0.5) is 0 Å². The van der Waals surface area contributed by atoms with E-state index in [4.69, 9.17) is 0 Å². The molecule has 1 nitrogen and oxygen atoms in total. The van der Waals surface area contributed by atoms with Gasteiger partial charge in [-0.3, -0.25) is 0 Å². The van der Waals surface area contributed by atoms with E-state index in [0.717, 1.165) is 12.8 Å². The van der Waals surface area contributed by atoms with Gasteiger partial charge < -0.3 is 5.11 Å². The lowest BCUT2D eigenvalue weighted by atomic mass is 9.93. The Labute approximate surface area is 135 Å². The van der Waals surface area contributed by atoms with Crippen LogP contribution in [0.1, 0.15) is 78.1 Å². The van der Waals surface area contributed by atoms with Crippen LogP contribution >= 0.6 is 0 Å². The van der Waals surface area contributed by atoms with E-state index in [1.807, 2.05) is 13.0 Å². The number of aliphatic hydroxyl groups is 1. The second-order valence-corrected chi connectivity index (χ2v) is 13.4. The van der Waals surface area contributed by atoms with Crippen LogP contribution in [-0.2, 0) is 0 Å². The first-order chi connectivity index (χ1) is 9.75. The third-order valence-corrected chi connectivity index (χ3v) is 7.35. The van der Waals surface area contributed by atoms with Crippen molar-refractivity contribution in [3.05, 3.63) is 12.7 Å². The topological polar surface area (TPSA) is 20.2 Å². The Morgan fingerprint density at radius 1 is 0.952 bits per heavy atom. The summed E-state index contributed by atoms with van der Waals surface area (Å²) in [5.74, 6) is 0. The van der Waals surface area contributed by atoms with Crippen LogP contribution in [0.3, 0.4) is 0 Å². The molecule has 2 atom stereocenters. The van der Waals surface area contributed by atoms with Crippen LogP contribution < -0.4 is 0 Å². The SMILES string of the molecule is C=C[C@H]([C@@](C)(O)CCCCCCCCCCC)[Si](C)(C)C. The van der Waals surface area contributed by atoms with Crippen molar-refractivity contribution >= 4 is 8.07 Å². The zero-order valence-electron chi connectivity index (χ0n) is 15.4. The number of rotatable bonds is 13. The van der Waals surface area contributed by atoms with Gasteiger partial charge in [-0.2, -0.15) is 0 Å². The third kappa shape index (κ3) is 9.52. The monoisotopic (exact) mass is 312 g/mol. The number of unbranched alkanes of at least 4 members (excludes halogenated alkanes) is 8. The van der Waals surface area contributed by atoms with Crippen LogP contribution in [0.15, 0.2) is 12.7 Å². The molecule has 0 aliphatic rings. The summed E-state index contributed by atoms with van der Waals surface area (Å²) in [4.78, 5) is 0. The molecular formula is C19H40OSi. The molecule has 0 aromatic heterocycles. The Hall–Kier alpha value is -0.0831. The normalized spacial score (nSPS) is 16.5. The minimum Gasteiger partial charge on any atom is -0.390 e. The average Bonchev–Trinajstić information content (AvgIpc) is 2.35. The molecule has 0 radical (unpaired) electrons. The zero-order chi connectivity index (χ0) is 16.4. The lowest BCUT2D eigenvalue weighted by molar-refractivity contribution is 0.0495. The molecule has 0 rings (SSSR count). The van der Waals surface area contributed by atoms with Gasteiger partial charge in [-0.1, -0.05) is 90.4 Å². The summed E-state index contributed by atoms with van der Waals surface area (Å²) in [5, 5.41) is 10.8. The molecule has 126 valence electrons. The van der Waals surface area contributed by atoms with Crippen molar-refractivity contribution in [3.63, 3.8) is 0 Å². The summed E-state index contributed by atoms with van der Waals surface area (Å²) in [6.07, 6.45) is 14.9. The zero-order valence-corrected chi connectivity index (χ0v) is 16.4. The second kappa shape index (κ2) is 10.6. The Kier molecular flexibility index (Phi) is 10.6.